The number of rotatable bonds is 10. The van der Waals surface area contributed by atoms with E-state index in [1.54, 1.807) is 48.5 Å². The Bertz CT molecular complexity index is 1590. The number of nitro benzene ring substituents is 1. The Kier molecular flexibility index (Phi) is 9.23. The van der Waals surface area contributed by atoms with Crippen molar-refractivity contribution < 1.29 is 33.5 Å². The minimum Gasteiger partial charge on any atom is -0.493 e. The SMILES string of the molecule is COc1cc(/C=C2/SC(=O)N(CC(=O)Nc3ccccc3N3CCOCC3)C2=O)ccc1OCc1cccc([N+](=O)[O-])c1. The number of para-hydroxylation sites is 2. The van der Waals surface area contributed by atoms with Gasteiger partial charge in [-0.2, -0.15) is 0 Å². The van der Waals surface area contributed by atoms with Gasteiger partial charge in [-0.3, -0.25) is 29.4 Å². The van der Waals surface area contributed by atoms with Crippen molar-refractivity contribution in [2.75, 3.05) is 50.2 Å². The van der Waals surface area contributed by atoms with Crippen LogP contribution in [0.4, 0.5) is 21.9 Å². The number of nitrogens with one attached hydrogen (secondary N) is 1. The molecule has 43 heavy (non-hydrogen) atoms. The van der Waals surface area contributed by atoms with Gasteiger partial charge in [-0.1, -0.05) is 30.3 Å². The summed E-state index contributed by atoms with van der Waals surface area (Å²) in [6, 6.07) is 18.5. The average Bonchev–Trinajstić information content (AvgIpc) is 3.28. The Morgan fingerprint density at radius 3 is 2.63 bits per heavy atom. The van der Waals surface area contributed by atoms with E-state index in [0.29, 0.717) is 54.6 Å². The van der Waals surface area contributed by atoms with E-state index in [4.69, 9.17) is 14.2 Å². The Labute approximate surface area is 251 Å². The minimum absolute atomic E-state index is 0.0346. The van der Waals surface area contributed by atoms with Crippen molar-refractivity contribution in [2.45, 2.75) is 6.61 Å². The molecular weight excluding hydrogens is 576 g/mol. The molecule has 0 saturated carbocycles. The maximum atomic E-state index is 13.1. The highest BCUT2D eigenvalue weighted by atomic mass is 32.2. The number of carbonyl (C=O) groups excluding carboxylic acids is 3. The van der Waals surface area contributed by atoms with Crippen molar-refractivity contribution in [3.63, 3.8) is 0 Å². The predicted octanol–water partition coefficient (Wildman–Crippen LogP) is 4.69. The van der Waals surface area contributed by atoms with Gasteiger partial charge in [0.1, 0.15) is 13.2 Å². The van der Waals surface area contributed by atoms with E-state index in [0.717, 1.165) is 22.3 Å². The Morgan fingerprint density at radius 2 is 1.86 bits per heavy atom. The highest BCUT2D eigenvalue weighted by molar-refractivity contribution is 8.18. The van der Waals surface area contributed by atoms with Crippen LogP contribution < -0.4 is 19.7 Å². The third-order valence-corrected chi connectivity index (χ3v) is 7.61. The third kappa shape index (κ3) is 7.13. The summed E-state index contributed by atoms with van der Waals surface area (Å²) < 4.78 is 16.7. The lowest BCUT2D eigenvalue weighted by Gasteiger charge is -2.30. The number of methoxy groups -OCH3 is 1. The molecule has 0 spiro atoms. The maximum absolute atomic E-state index is 13.1. The van der Waals surface area contributed by atoms with Crippen LogP contribution in [0.3, 0.4) is 0 Å². The van der Waals surface area contributed by atoms with E-state index < -0.39 is 28.5 Å². The van der Waals surface area contributed by atoms with Crippen LogP contribution in [0.1, 0.15) is 11.1 Å². The highest BCUT2D eigenvalue weighted by Crippen LogP contribution is 2.35. The summed E-state index contributed by atoms with van der Waals surface area (Å²) in [6.45, 7) is 2.22. The fraction of sp³-hybridized carbons (Fsp3) is 0.233. The standard InChI is InChI=1S/C30H28N4O8S/c1-40-26-16-20(9-10-25(26)42-19-21-5-4-6-22(15-21)34(38)39)17-27-29(36)33(30(37)43-27)18-28(35)31-23-7-2-3-8-24(23)32-11-13-41-14-12-32/h2-10,15-17H,11-14,18-19H2,1H3,(H,31,35)/b27-17+. The molecule has 2 saturated heterocycles. The van der Waals surface area contributed by atoms with Crippen LogP contribution in [0, 0.1) is 10.1 Å². The van der Waals surface area contributed by atoms with Gasteiger partial charge in [0.25, 0.3) is 16.8 Å². The topological polar surface area (TPSA) is 141 Å². The second-order valence-corrected chi connectivity index (χ2v) is 10.6. The van der Waals surface area contributed by atoms with Gasteiger partial charge in [0.2, 0.25) is 5.91 Å². The van der Waals surface area contributed by atoms with Gasteiger partial charge in [-0.15, -0.1) is 0 Å². The van der Waals surface area contributed by atoms with Crippen LogP contribution in [0.5, 0.6) is 11.5 Å². The average molecular weight is 605 g/mol. The minimum atomic E-state index is -0.573. The van der Waals surface area contributed by atoms with Gasteiger partial charge in [0.05, 0.1) is 41.5 Å². The summed E-state index contributed by atoms with van der Waals surface area (Å²) in [6.07, 6.45) is 1.55. The van der Waals surface area contributed by atoms with Crippen LogP contribution in [-0.4, -0.2) is 66.8 Å². The second kappa shape index (κ2) is 13.4. The van der Waals surface area contributed by atoms with Crippen molar-refractivity contribution in [2.24, 2.45) is 0 Å². The maximum Gasteiger partial charge on any atom is 0.294 e. The van der Waals surface area contributed by atoms with Crippen LogP contribution in [0.15, 0.2) is 71.6 Å². The molecule has 3 aromatic carbocycles. The fourth-order valence-electron chi connectivity index (χ4n) is 4.59. The molecule has 222 valence electrons. The molecule has 12 nitrogen and oxygen atoms in total. The number of benzene rings is 3. The summed E-state index contributed by atoms with van der Waals surface area (Å²) in [5.74, 6) is -0.294. The van der Waals surface area contributed by atoms with E-state index >= 15 is 0 Å². The lowest BCUT2D eigenvalue weighted by molar-refractivity contribution is -0.384. The van der Waals surface area contributed by atoms with Gasteiger partial charge in [-0.05, 0) is 53.2 Å². The predicted molar refractivity (Wildman–Crippen MR) is 161 cm³/mol. The summed E-state index contributed by atoms with van der Waals surface area (Å²) >= 11 is 0.749. The first kappa shape index (κ1) is 29.6. The normalized spacial score (nSPS) is 16.0. The van der Waals surface area contributed by atoms with Crippen molar-refractivity contribution >= 4 is 52.0 Å². The van der Waals surface area contributed by atoms with E-state index in [9.17, 15) is 24.5 Å². The number of ether oxygens (including phenoxy) is 3. The lowest BCUT2D eigenvalue weighted by Crippen LogP contribution is -2.38. The zero-order valence-corrected chi connectivity index (χ0v) is 24.0. The number of morpholine rings is 1. The molecule has 0 bridgehead atoms. The first-order chi connectivity index (χ1) is 20.8. The Morgan fingerprint density at radius 1 is 1.07 bits per heavy atom. The number of carbonyl (C=O) groups is 3. The molecule has 3 aromatic rings. The van der Waals surface area contributed by atoms with Gasteiger partial charge in [-0.25, -0.2) is 0 Å². The van der Waals surface area contributed by atoms with E-state index in [2.05, 4.69) is 10.2 Å². The van der Waals surface area contributed by atoms with Crippen LogP contribution >= 0.6 is 11.8 Å². The van der Waals surface area contributed by atoms with Crippen molar-refractivity contribution in [3.05, 3.63) is 92.9 Å². The highest BCUT2D eigenvalue weighted by Gasteiger charge is 2.36. The Hall–Kier alpha value is -4.88. The number of hydrogen-bond acceptors (Lipinski definition) is 10. The molecular formula is C30H28N4O8S. The summed E-state index contributed by atoms with van der Waals surface area (Å²) in [5, 5.41) is 13.3. The molecule has 0 atom stereocenters. The van der Waals surface area contributed by atoms with Gasteiger partial charge < -0.3 is 24.4 Å². The lowest BCUT2D eigenvalue weighted by atomic mass is 10.1. The zero-order chi connectivity index (χ0) is 30.3. The number of nitrogens with zero attached hydrogens (tertiary/aromatic N) is 3. The van der Waals surface area contributed by atoms with Gasteiger partial charge >= 0.3 is 0 Å². The molecule has 0 unspecified atom stereocenters. The second-order valence-electron chi connectivity index (χ2n) is 9.56. The molecule has 2 aliphatic heterocycles. The molecule has 0 radical (unpaired) electrons. The number of amides is 3. The first-order valence-corrected chi connectivity index (χ1v) is 14.1. The smallest absolute Gasteiger partial charge is 0.294 e. The first-order valence-electron chi connectivity index (χ1n) is 13.3. The summed E-state index contributed by atoms with van der Waals surface area (Å²) in [5.41, 5.74) is 2.60. The molecule has 1 N–H and O–H groups in total. The number of hydrogen-bond donors (Lipinski definition) is 1. The monoisotopic (exact) mass is 604 g/mol. The molecule has 5 rings (SSSR count). The number of thioether (sulfide) groups is 1. The molecule has 0 aliphatic carbocycles. The number of anilines is 2. The van der Waals surface area contributed by atoms with Crippen LogP contribution in [0.2, 0.25) is 0 Å². The molecule has 13 heteroatoms. The number of imide groups is 1. The summed E-state index contributed by atoms with van der Waals surface area (Å²) in [7, 11) is 1.46. The van der Waals surface area contributed by atoms with E-state index in [-0.39, 0.29) is 17.2 Å². The third-order valence-electron chi connectivity index (χ3n) is 6.71. The van der Waals surface area contributed by atoms with Gasteiger partial charge in [0.15, 0.2) is 11.5 Å². The van der Waals surface area contributed by atoms with E-state index in [1.807, 2.05) is 12.1 Å². The van der Waals surface area contributed by atoms with Gasteiger partial charge in [0, 0.05) is 25.2 Å². The fourth-order valence-corrected chi connectivity index (χ4v) is 5.43. The molecule has 0 aromatic heterocycles. The largest absolute Gasteiger partial charge is 0.493 e. The number of nitro groups is 1. The van der Waals surface area contributed by atoms with Crippen molar-refractivity contribution in [1.29, 1.82) is 0 Å². The zero-order valence-electron chi connectivity index (χ0n) is 23.2. The molecule has 2 aliphatic rings. The number of non-ortho nitro benzene ring substituents is 1. The molecule has 3 amide bonds. The van der Waals surface area contributed by atoms with Crippen LogP contribution in [-0.2, 0) is 20.9 Å². The Balaban J connectivity index is 1.23. The van der Waals surface area contributed by atoms with Crippen molar-refractivity contribution in [3.8, 4) is 11.5 Å². The van der Waals surface area contributed by atoms with E-state index in [1.165, 1.54) is 19.2 Å². The molecule has 2 fully saturated rings. The molecule has 2 heterocycles. The summed E-state index contributed by atoms with van der Waals surface area (Å²) in [4.78, 5) is 52.4. The van der Waals surface area contributed by atoms with Crippen molar-refractivity contribution in [1.82, 2.24) is 4.90 Å². The quantitative estimate of drug-likeness (QED) is 0.197. The van der Waals surface area contributed by atoms with Crippen LogP contribution in [0.25, 0.3) is 6.08 Å².